The predicted octanol–water partition coefficient (Wildman–Crippen LogP) is 1.05. The molecule has 0 radical (unpaired) electrons. The zero-order chi connectivity index (χ0) is 13.4. The molecule has 100 valence electrons. The highest BCUT2D eigenvalue weighted by atomic mass is 16.5. The molecule has 4 nitrogen and oxygen atoms in total. The first-order valence-corrected chi connectivity index (χ1v) is 6.26. The summed E-state index contributed by atoms with van der Waals surface area (Å²) >= 11 is 0. The lowest BCUT2D eigenvalue weighted by Crippen LogP contribution is -2.46. The van der Waals surface area contributed by atoms with E-state index in [1.807, 2.05) is 37.3 Å². The van der Waals surface area contributed by atoms with Crippen molar-refractivity contribution in [3.63, 3.8) is 0 Å². The fourth-order valence-electron chi connectivity index (χ4n) is 1.82. The lowest BCUT2D eigenvalue weighted by molar-refractivity contribution is -0.133. The van der Waals surface area contributed by atoms with Gasteiger partial charge in [-0.25, -0.2) is 0 Å². The SMILES string of the molecule is CCN(CCOC)C(=O)[C@@H](N)Cc1ccccc1. The van der Waals surface area contributed by atoms with E-state index in [1.54, 1.807) is 12.0 Å². The molecule has 1 aromatic carbocycles. The van der Waals surface area contributed by atoms with E-state index in [-0.39, 0.29) is 5.91 Å². The van der Waals surface area contributed by atoms with E-state index < -0.39 is 6.04 Å². The molecule has 0 bridgehead atoms. The van der Waals surface area contributed by atoms with E-state index in [0.717, 1.165) is 5.56 Å². The van der Waals surface area contributed by atoms with Crippen molar-refractivity contribution in [2.45, 2.75) is 19.4 Å². The van der Waals surface area contributed by atoms with Crippen molar-refractivity contribution in [3.05, 3.63) is 35.9 Å². The first-order valence-electron chi connectivity index (χ1n) is 6.26. The Bertz CT molecular complexity index is 354. The minimum absolute atomic E-state index is 0.0154. The van der Waals surface area contributed by atoms with Crippen molar-refractivity contribution >= 4 is 5.91 Å². The first-order chi connectivity index (χ1) is 8.69. The number of nitrogens with zero attached hydrogens (tertiary/aromatic N) is 1. The van der Waals surface area contributed by atoms with Gasteiger partial charge in [0, 0.05) is 20.2 Å². The number of rotatable bonds is 7. The molecule has 0 saturated carbocycles. The van der Waals surface area contributed by atoms with Gasteiger partial charge in [0.15, 0.2) is 0 Å². The third-order valence-corrected chi connectivity index (χ3v) is 2.87. The molecule has 1 amide bonds. The molecule has 0 fully saturated rings. The number of carbonyl (C=O) groups excluding carboxylic acids is 1. The van der Waals surface area contributed by atoms with Crippen LogP contribution in [0, 0.1) is 0 Å². The standard InChI is InChI=1S/C14H22N2O2/c1-3-16(9-10-18-2)14(17)13(15)11-12-7-5-4-6-8-12/h4-8,13H,3,9-11,15H2,1-2H3/t13-/m0/s1. The molecule has 4 heteroatoms. The molecule has 0 unspecified atom stereocenters. The van der Waals surface area contributed by atoms with Crippen LogP contribution in [0.5, 0.6) is 0 Å². The van der Waals surface area contributed by atoms with Crippen LogP contribution in [-0.4, -0.2) is 43.7 Å². The summed E-state index contributed by atoms with van der Waals surface area (Å²) < 4.78 is 4.99. The Balaban J connectivity index is 2.54. The Hall–Kier alpha value is -1.39. The largest absolute Gasteiger partial charge is 0.383 e. The van der Waals surface area contributed by atoms with Gasteiger partial charge in [0.25, 0.3) is 0 Å². The summed E-state index contributed by atoms with van der Waals surface area (Å²) in [4.78, 5) is 13.9. The van der Waals surface area contributed by atoms with E-state index in [9.17, 15) is 4.79 Å². The predicted molar refractivity (Wildman–Crippen MR) is 72.3 cm³/mol. The summed E-state index contributed by atoms with van der Waals surface area (Å²) in [5.41, 5.74) is 7.05. The zero-order valence-corrected chi connectivity index (χ0v) is 11.1. The van der Waals surface area contributed by atoms with Gasteiger partial charge >= 0.3 is 0 Å². The molecule has 0 aliphatic carbocycles. The fourth-order valence-corrected chi connectivity index (χ4v) is 1.82. The maximum atomic E-state index is 12.1. The minimum Gasteiger partial charge on any atom is -0.383 e. The summed E-state index contributed by atoms with van der Waals surface area (Å²) in [6.45, 7) is 3.74. The number of ether oxygens (including phenoxy) is 1. The van der Waals surface area contributed by atoms with Gasteiger partial charge in [-0.05, 0) is 18.9 Å². The molecule has 0 heterocycles. The molecule has 1 aromatic rings. The van der Waals surface area contributed by atoms with Crippen molar-refractivity contribution < 1.29 is 9.53 Å². The highest BCUT2D eigenvalue weighted by Crippen LogP contribution is 2.04. The number of hydrogen-bond donors (Lipinski definition) is 1. The van der Waals surface area contributed by atoms with Crippen LogP contribution < -0.4 is 5.73 Å². The number of benzene rings is 1. The summed E-state index contributed by atoms with van der Waals surface area (Å²) in [6, 6.07) is 9.35. The molecule has 0 aliphatic rings. The van der Waals surface area contributed by atoms with Gasteiger partial charge in [-0.3, -0.25) is 4.79 Å². The van der Waals surface area contributed by atoms with Crippen molar-refractivity contribution in [2.24, 2.45) is 5.73 Å². The van der Waals surface area contributed by atoms with Gasteiger partial charge in [0.2, 0.25) is 5.91 Å². The van der Waals surface area contributed by atoms with Crippen LogP contribution in [0.15, 0.2) is 30.3 Å². The molecule has 0 spiro atoms. The summed E-state index contributed by atoms with van der Waals surface area (Å²) in [6.07, 6.45) is 0.573. The van der Waals surface area contributed by atoms with Gasteiger partial charge < -0.3 is 15.4 Å². The summed E-state index contributed by atoms with van der Waals surface area (Å²) in [5.74, 6) is -0.0154. The maximum absolute atomic E-state index is 12.1. The van der Waals surface area contributed by atoms with Gasteiger partial charge in [-0.15, -0.1) is 0 Å². The minimum atomic E-state index is -0.482. The number of nitrogens with two attached hydrogens (primary N) is 1. The zero-order valence-electron chi connectivity index (χ0n) is 11.1. The summed E-state index contributed by atoms with van der Waals surface area (Å²) in [5, 5.41) is 0. The van der Waals surface area contributed by atoms with Gasteiger partial charge in [0.1, 0.15) is 0 Å². The molecule has 0 aromatic heterocycles. The van der Waals surface area contributed by atoms with Gasteiger partial charge in [-0.2, -0.15) is 0 Å². The molecular formula is C14H22N2O2. The van der Waals surface area contributed by atoms with E-state index in [2.05, 4.69) is 0 Å². The third-order valence-electron chi connectivity index (χ3n) is 2.87. The average molecular weight is 250 g/mol. The highest BCUT2D eigenvalue weighted by molar-refractivity contribution is 5.82. The van der Waals surface area contributed by atoms with E-state index in [4.69, 9.17) is 10.5 Å². The fraction of sp³-hybridized carbons (Fsp3) is 0.500. The second-order valence-electron chi connectivity index (χ2n) is 4.21. The van der Waals surface area contributed by atoms with Gasteiger partial charge in [0.05, 0.1) is 12.6 Å². The normalized spacial score (nSPS) is 12.2. The van der Waals surface area contributed by atoms with Crippen LogP contribution in [0.4, 0.5) is 0 Å². The smallest absolute Gasteiger partial charge is 0.239 e. The average Bonchev–Trinajstić information content (AvgIpc) is 2.40. The number of hydrogen-bond acceptors (Lipinski definition) is 3. The first kappa shape index (κ1) is 14.7. The van der Waals surface area contributed by atoms with Crippen molar-refractivity contribution in [3.8, 4) is 0 Å². The second-order valence-corrected chi connectivity index (χ2v) is 4.21. The number of likely N-dealkylation sites (N-methyl/N-ethyl adjacent to an activating group) is 1. The topological polar surface area (TPSA) is 55.6 Å². The van der Waals surface area contributed by atoms with Crippen molar-refractivity contribution in [2.75, 3.05) is 26.8 Å². The Labute approximate surface area is 109 Å². The maximum Gasteiger partial charge on any atom is 0.239 e. The highest BCUT2D eigenvalue weighted by Gasteiger charge is 2.19. The summed E-state index contributed by atoms with van der Waals surface area (Å²) in [7, 11) is 1.63. The third kappa shape index (κ3) is 4.47. The van der Waals surface area contributed by atoms with Crippen LogP contribution in [0.1, 0.15) is 12.5 Å². The van der Waals surface area contributed by atoms with Crippen LogP contribution >= 0.6 is 0 Å². The Morgan fingerprint density at radius 1 is 1.39 bits per heavy atom. The number of carbonyl (C=O) groups is 1. The lowest BCUT2D eigenvalue weighted by atomic mass is 10.1. The lowest BCUT2D eigenvalue weighted by Gasteiger charge is -2.24. The Morgan fingerprint density at radius 3 is 2.61 bits per heavy atom. The van der Waals surface area contributed by atoms with Crippen LogP contribution in [0.3, 0.4) is 0 Å². The van der Waals surface area contributed by atoms with Crippen molar-refractivity contribution in [1.82, 2.24) is 4.90 Å². The van der Waals surface area contributed by atoms with Crippen LogP contribution in [-0.2, 0) is 16.0 Å². The van der Waals surface area contributed by atoms with Crippen LogP contribution in [0.2, 0.25) is 0 Å². The number of amides is 1. The molecule has 0 aliphatic heterocycles. The quantitative estimate of drug-likeness (QED) is 0.787. The molecule has 1 atom stereocenters. The van der Waals surface area contributed by atoms with E-state index in [0.29, 0.717) is 26.1 Å². The van der Waals surface area contributed by atoms with E-state index >= 15 is 0 Å². The molecule has 1 rings (SSSR count). The van der Waals surface area contributed by atoms with E-state index in [1.165, 1.54) is 0 Å². The van der Waals surface area contributed by atoms with Gasteiger partial charge in [-0.1, -0.05) is 30.3 Å². The molecule has 2 N–H and O–H groups in total. The second kappa shape index (κ2) is 7.84. The molecule has 18 heavy (non-hydrogen) atoms. The molecular weight excluding hydrogens is 228 g/mol. The van der Waals surface area contributed by atoms with Crippen molar-refractivity contribution in [1.29, 1.82) is 0 Å². The number of methoxy groups -OCH3 is 1. The molecule has 0 saturated heterocycles. The van der Waals surface area contributed by atoms with Crippen LogP contribution in [0.25, 0.3) is 0 Å². The Kier molecular flexibility index (Phi) is 6.39. The monoisotopic (exact) mass is 250 g/mol. The Morgan fingerprint density at radius 2 is 2.06 bits per heavy atom.